The average molecular weight is 264 g/mol. The zero-order valence-corrected chi connectivity index (χ0v) is 10.9. The summed E-state index contributed by atoms with van der Waals surface area (Å²) >= 11 is 0. The van der Waals surface area contributed by atoms with Crippen LogP contribution in [0.4, 0.5) is 0 Å². The van der Waals surface area contributed by atoms with E-state index in [1.54, 1.807) is 12.1 Å². The summed E-state index contributed by atoms with van der Waals surface area (Å²) < 4.78 is 4.92. The van der Waals surface area contributed by atoms with Crippen LogP contribution in [-0.4, -0.2) is 46.6 Å². The summed E-state index contributed by atoms with van der Waals surface area (Å²) in [6, 6.07) is 2.42. The van der Waals surface area contributed by atoms with E-state index in [4.69, 9.17) is 4.74 Å². The van der Waals surface area contributed by atoms with Crippen LogP contribution in [0.5, 0.6) is 5.88 Å². The molecule has 1 fully saturated rings. The highest BCUT2D eigenvalue weighted by molar-refractivity contribution is 5.96. The van der Waals surface area contributed by atoms with Crippen molar-refractivity contribution in [2.75, 3.05) is 13.7 Å². The van der Waals surface area contributed by atoms with Crippen molar-refractivity contribution in [2.45, 2.75) is 19.4 Å². The molecule has 2 atom stereocenters. The van der Waals surface area contributed by atoms with E-state index in [0.29, 0.717) is 24.4 Å². The van der Waals surface area contributed by atoms with Gasteiger partial charge >= 0.3 is 5.97 Å². The van der Waals surface area contributed by atoms with Gasteiger partial charge in [0.2, 0.25) is 5.88 Å². The summed E-state index contributed by atoms with van der Waals surface area (Å²) in [5.41, 5.74) is 0.376. The summed E-state index contributed by atoms with van der Waals surface area (Å²) in [5.74, 6) is -0.875. The van der Waals surface area contributed by atoms with Crippen LogP contribution in [0, 0.1) is 5.92 Å². The minimum absolute atomic E-state index is 0.0346. The van der Waals surface area contributed by atoms with Crippen molar-refractivity contribution in [1.29, 1.82) is 0 Å². The van der Waals surface area contributed by atoms with E-state index in [2.05, 4.69) is 4.98 Å². The Bertz CT molecular complexity index is 486. The van der Waals surface area contributed by atoms with Crippen molar-refractivity contribution < 1.29 is 19.4 Å². The Balaban J connectivity index is 2.20. The lowest BCUT2D eigenvalue weighted by atomic mass is 10.0. The molecule has 0 saturated carbocycles. The molecule has 0 bridgehead atoms. The number of hydrogen-bond acceptors (Lipinski definition) is 4. The van der Waals surface area contributed by atoms with Crippen LogP contribution in [0.3, 0.4) is 0 Å². The van der Waals surface area contributed by atoms with Gasteiger partial charge in [-0.15, -0.1) is 0 Å². The Morgan fingerprint density at radius 1 is 1.47 bits per heavy atom. The maximum atomic E-state index is 12.3. The van der Waals surface area contributed by atoms with Crippen LogP contribution in [0.2, 0.25) is 0 Å². The molecule has 2 rings (SSSR count). The third kappa shape index (κ3) is 2.52. The molecule has 6 nitrogen and oxygen atoms in total. The molecule has 0 spiro atoms. The Labute approximate surface area is 111 Å². The van der Waals surface area contributed by atoms with Crippen LogP contribution in [0.25, 0.3) is 0 Å². The standard InChI is InChI=1S/C13H16N2O4/c1-8-5-6-15(11(8)13(17)18)12(16)9-3-4-10(19-2)14-7-9/h3-4,7-8,11H,5-6H2,1-2H3,(H,17,18). The van der Waals surface area contributed by atoms with E-state index in [1.165, 1.54) is 18.2 Å². The van der Waals surface area contributed by atoms with Gasteiger partial charge in [0.05, 0.1) is 12.7 Å². The summed E-state index contributed by atoms with van der Waals surface area (Å²) in [6.07, 6.45) is 2.11. The molecule has 2 unspecified atom stereocenters. The van der Waals surface area contributed by atoms with E-state index in [-0.39, 0.29) is 11.8 Å². The number of methoxy groups -OCH3 is 1. The van der Waals surface area contributed by atoms with E-state index < -0.39 is 12.0 Å². The van der Waals surface area contributed by atoms with Gasteiger partial charge < -0.3 is 14.7 Å². The van der Waals surface area contributed by atoms with Crippen molar-refractivity contribution >= 4 is 11.9 Å². The molecule has 1 aliphatic rings. The van der Waals surface area contributed by atoms with Crippen molar-refractivity contribution in [3.8, 4) is 5.88 Å². The highest BCUT2D eigenvalue weighted by Gasteiger charge is 2.39. The molecule has 1 aromatic heterocycles. The molecule has 0 aromatic carbocycles. The lowest BCUT2D eigenvalue weighted by Crippen LogP contribution is -2.42. The molecule has 6 heteroatoms. The first kappa shape index (κ1) is 13.3. The largest absolute Gasteiger partial charge is 0.481 e. The van der Waals surface area contributed by atoms with Crippen LogP contribution in [-0.2, 0) is 4.79 Å². The number of nitrogens with zero attached hydrogens (tertiary/aromatic N) is 2. The molecule has 1 aliphatic heterocycles. The Morgan fingerprint density at radius 2 is 2.21 bits per heavy atom. The number of aromatic nitrogens is 1. The summed E-state index contributed by atoms with van der Waals surface area (Å²) in [7, 11) is 1.49. The molecule has 102 valence electrons. The minimum Gasteiger partial charge on any atom is -0.481 e. The fraction of sp³-hybridized carbons (Fsp3) is 0.462. The van der Waals surface area contributed by atoms with Gasteiger partial charge in [-0.05, 0) is 18.4 Å². The van der Waals surface area contributed by atoms with Crippen molar-refractivity contribution in [3.63, 3.8) is 0 Å². The van der Waals surface area contributed by atoms with Gasteiger partial charge in [0.25, 0.3) is 5.91 Å². The van der Waals surface area contributed by atoms with Gasteiger partial charge in [0, 0.05) is 18.8 Å². The van der Waals surface area contributed by atoms with E-state index in [0.717, 1.165) is 0 Å². The summed E-state index contributed by atoms with van der Waals surface area (Å²) in [4.78, 5) is 28.9. The highest BCUT2D eigenvalue weighted by atomic mass is 16.5. The van der Waals surface area contributed by atoms with E-state index in [1.807, 2.05) is 6.92 Å². The van der Waals surface area contributed by atoms with Crippen molar-refractivity contribution in [2.24, 2.45) is 5.92 Å². The maximum absolute atomic E-state index is 12.3. The Kier molecular flexibility index (Phi) is 3.69. The Morgan fingerprint density at radius 3 is 2.74 bits per heavy atom. The average Bonchev–Trinajstić information content (AvgIpc) is 2.80. The normalized spacial score (nSPS) is 22.3. The summed E-state index contributed by atoms with van der Waals surface area (Å²) in [5, 5.41) is 9.20. The van der Waals surface area contributed by atoms with Gasteiger partial charge in [-0.25, -0.2) is 9.78 Å². The van der Waals surface area contributed by atoms with Gasteiger partial charge in [-0.2, -0.15) is 0 Å². The van der Waals surface area contributed by atoms with Crippen LogP contribution >= 0.6 is 0 Å². The van der Waals surface area contributed by atoms with Gasteiger partial charge in [-0.1, -0.05) is 6.92 Å². The highest BCUT2D eigenvalue weighted by Crippen LogP contribution is 2.26. The number of carboxylic acid groups (broad SMARTS) is 1. The molecule has 2 heterocycles. The number of hydrogen-bond donors (Lipinski definition) is 1. The fourth-order valence-corrected chi connectivity index (χ4v) is 2.34. The monoisotopic (exact) mass is 264 g/mol. The smallest absolute Gasteiger partial charge is 0.326 e. The lowest BCUT2D eigenvalue weighted by Gasteiger charge is -2.23. The number of amides is 1. The second-order valence-corrected chi connectivity index (χ2v) is 4.64. The number of carbonyl (C=O) groups excluding carboxylic acids is 1. The van der Waals surface area contributed by atoms with Gasteiger partial charge in [0.15, 0.2) is 0 Å². The van der Waals surface area contributed by atoms with Crippen molar-refractivity contribution in [3.05, 3.63) is 23.9 Å². The fourth-order valence-electron chi connectivity index (χ4n) is 2.34. The molecular weight excluding hydrogens is 248 g/mol. The number of likely N-dealkylation sites (tertiary alicyclic amines) is 1. The SMILES string of the molecule is COc1ccc(C(=O)N2CCC(C)C2C(=O)O)cn1. The van der Waals surface area contributed by atoms with Gasteiger partial charge in [0.1, 0.15) is 6.04 Å². The summed E-state index contributed by atoms with van der Waals surface area (Å²) in [6.45, 7) is 2.31. The number of ether oxygens (including phenoxy) is 1. The predicted octanol–water partition coefficient (Wildman–Crippen LogP) is 1.03. The number of carboxylic acids is 1. The first-order chi connectivity index (χ1) is 9.04. The second kappa shape index (κ2) is 5.26. The third-order valence-electron chi connectivity index (χ3n) is 3.41. The zero-order valence-electron chi connectivity index (χ0n) is 10.9. The molecule has 0 aliphatic carbocycles. The zero-order chi connectivity index (χ0) is 14.0. The van der Waals surface area contributed by atoms with E-state index in [9.17, 15) is 14.7 Å². The first-order valence-corrected chi connectivity index (χ1v) is 6.08. The van der Waals surface area contributed by atoms with Crippen LogP contribution in [0.1, 0.15) is 23.7 Å². The maximum Gasteiger partial charge on any atom is 0.326 e. The Hall–Kier alpha value is -2.11. The molecular formula is C13H16N2O4. The number of rotatable bonds is 3. The minimum atomic E-state index is -0.958. The molecule has 1 aromatic rings. The first-order valence-electron chi connectivity index (χ1n) is 6.08. The third-order valence-corrected chi connectivity index (χ3v) is 3.41. The molecule has 1 saturated heterocycles. The second-order valence-electron chi connectivity index (χ2n) is 4.64. The molecule has 1 amide bonds. The molecule has 1 N–H and O–H groups in total. The number of carbonyl (C=O) groups is 2. The lowest BCUT2D eigenvalue weighted by molar-refractivity contribution is -0.142. The quantitative estimate of drug-likeness (QED) is 0.881. The van der Waals surface area contributed by atoms with E-state index >= 15 is 0 Å². The molecule has 0 radical (unpaired) electrons. The van der Waals surface area contributed by atoms with Crippen LogP contribution < -0.4 is 4.74 Å². The molecule has 19 heavy (non-hydrogen) atoms. The van der Waals surface area contributed by atoms with Crippen molar-refractivity contribution in [1.82, 2.24) is 9.88 Å². The number of aliphatic carboxylic acids is 1. The number of pyridine rings is 1. The van der Waals surface area contributed by atoms with Crippen LogP contribution in [0.15, 0.2) is 18.3 Å². The topological polar surface area (TPSA) is 79.7 Å². The van der Waals surface area contributed by atoms with Gasteiger partial charge in [-0.3, -0.25) is 4.79 Å². The predicted molar refractivity (Wildman–Crippen MR) is 67.0 cm³/mol.